The highest BCUT2D eigenvalue weighted by atomic mass is 35.5. The minimum atomic E-state index is -0.534. The summed E-state index contributed by atoms with van der Waals surface area (Å²) in [5.41, 5.74) is 2.03. The smallest absolute Gasteiger partial charge is 0.263 e. The maximum absolute atomic E-state index is 12.8. The van der Waals surface area contributed by atoms with Crippen molar-refractivity contribution in [3.05, 3.63) is 53.1 Å². The first-order chi connectivity index (χ1) is 13.0. The van der Waals surface area contributed by atoms with E-state index in [1.165, 1.54) is 0 Å². The molecule has 1 aliphatic rings. The first kappa shape index (κ1) is 19.4. The Morgan fingerprint density at radius 2 is 1.85 bits per heavy atom. The largest absolute Gasteiger partial charge is 0.497 e. The van der Waals surface area contributed by atoms with Crippen LogP contribution in [0.25, 0.3) is 0 Å². The Morgan fingerprint density at radius 1 is 1.11 bits per heavy atom. The Balaban J connectivity index is 1.57. The topological polar surface area (TPSA) is 42.0 Å². The molecule has 0 N–H and O–H groups in total. The second-order valence-electron chi connectivity index (χ2n) is 6.68. The van der Waals surface area contributed by atoms with Crippen molar-refractivity contribution < 1.29 is 14.3 Å². The SMILES string of the molecule is COc1cccc(N2CCN(C(=O)C(C)Oc3ccc(Cl)cc3C)CC2)c1. The van der Waals surface area contributed by atoms with Crippen molar-refractivity contribution in [2.24, 2.45) is 0 Å². The van der Waals surface area contributed by atoms with E-state index in [2.05, 4.69) is 11.0 Å². The molecule has 2 aromatic carbocycles. The molecule has 6 heteroatoms. The zero-order valence-corrected chi connectivity index (χ0v) is 16.7. The normalized spacial score (nSPS) is 15.4. The van der Waals surface area contributed by atoms with E-state index in [0.29, 0.717) is 23.9 Å². The number of aryl methyl sites for hydroxylation is 1. The van der Waals surface area contributed by atoms with Crippen LogP contribution in [-0.4, -0.2) is 50.2 Å². The third kappa shape index (κ3) is 4.66. The van der Waals surface area contributed by atoms with Crippen molar-refractivity contribution in [1.29, 1.82) is 0 Å². The Kier molecular flexibility index (Phi) is 6.11. The Hall–Kier alpha value is -2.40. The number of amides is 1. The van der Waals surface area contributed by atoms with Gasteiger partial charge in [0.2, 0.25) is 0 Å². The predicted molar refractivity (Wildman–Crippen MR) is 108 cm³/mol. The summed E-state index contributed by atoms with van der Waals surface area (Å²) in [6.45, 7) is 6.63. The molecule has 0 saturated carbocycles. The van der Waals surface area contributed by atoms with E-state index in [-0.39, 0.29) is 5.91 Å². The van der Waals surface area contributed by atoms with Gasteiger partial charge in [0.15, 0.2) is 6.10 Å². The number of hydrogen-bond donors (Lipinski definition) is 0. The third-order valence-electron chi connectivity index (χ3n) is 4.80. The van der Waals surface area contributed by atoms with Crippen LogP contribution in [0.5, 0.6) is 11.5 Å². The average Bonchev–Trinajstić information content (AvgIpc) is 2.69. The molecule has 1 heterocycles. The van der Waals surface area contributed by atoms with Crippen LogP contribution < -0.4 is 14.4 Å². The van der Waals surface area contributed by atoms with Crippen molar-refractivity contribution in [3.8, 4) is 11.5 Å². The Morgan fingerprint density at radius 3 is 2.52 bits per heavy atom. The van der Waals surface area contributed by atoms with Gasteiger partial charge in [-0.2, -0.15) is 0 Å². The van der Waals surface area contributed by atoms with Crippen molar-refractivity contribution in [1.82, 2.24) is 4.90 Å². The lowest BCUT2D eigenvalue weighted by Gasteiger charge is -2.37. The van der Waals surface area contributed by atoms with Crippen molar-refractivity contribution >= 4 is 23.2 Å². The summed E-state index contributed by atoms with van der Waals surface area (Å²) in [5.74, 6) is 1.54. The molecule has 144 valence electrons. The molecule has 1 amide bonds. The zero-order chi connectivity index (χ0) is 19.4. The fourth-order valence-electron chi connectivity index (χ4n) is 3.24. The van der Waals surface area contributed by atoms with Crippen molar-refractivity contribution in [3.63, 3.8) is 0 Å². The van der Waals surface area contributed by atoms with Gasteiger partial charge in [0, 0.05) is 43.0 Å². The van der Waals surface area contributed by atoms with Gasteiger partial charge in [0.25, 0.3) is 5.91 Å². The molecule has 1 fully saturated rings. The maximum Gasteiger partial charge on any atom is 0.263 e. The van der Waals surface area contributed by atoms with Gasteiger partial charge < -0.3 is 19.3 Å². The molecule has 1 saturated heterocycles. The summed E-state index contributed by atoms with van der Waals surface area (Å²) < 4.78 is 11.2. The van der Waals surface area contributed by atoms with Crippen LogP contribution in [0.3, 0.4) is 0 Å². The fourth-order valence-corrected chi connectivity index (χ4v) is 3.46. The number of rotatable bonds is 5. The summed E-state index contributed by atoms with van der Waals surface area (Å²) in [6, 6.07) is 13.4. The monoisotopic (exact) mass is 388 g/mol. The molecule has 0 bridgehead atoms. The lowest BCUT2D eigenvalue weighted by Crippen LogP contribution is -2.52. The van der Waals surface area contributed by atoms with E-state index in [4.69, 9.17) is 21.1 Å². The third-order valence-corrected chi connectivity index (χ3v) is 5.03. The summed E-state index contributed by atoms with van der Waals surface area (Å²) in [6.07, 6.45) is -0.534. The lowest BCUT2D eigenvalue weighted by molar-refractivity contribution is -0.138. The number of nitrogens with zero attached hydrogens (tertiary/aromatic N) is 2. The van der Waals surface area contributed by atoms with Crippen LogP contribution in [0.1, 0.15) is 12.5 Å². The number of halogens is 1. The molecule has 1 atom stereocenters. The highest BCUT2D eigenvalue weighted by Gasteiger charge is 2.26. The molecule has 0 aromatic heterocycles. The molecule has 1 aliphatic heterocycles. The molecule has 0 aliphatic carbocycles. The summed E-state index contributed by atoms with van der Waals surface area (Å²) in [5, 5.41) is 0.660. The number of carbonyl (C=O) groups excluding carboxylic acids is 1. The summed E-state index contributed by atoms with van der Waals surface area (Å²) >= 11 is 5.98. The van der Waals surface area contributed by atoms with Crippen molar-refractivity contribution in [2.75, 3.05) is 38.2 Å². The number of methoxy groups -OCH3 is 1. The molecule has 5 nitrogen and oxygen atoms in total. The first-order valence-electron chi connectivity index (χ1n) is 9.08. The Bertz CT molecular complexity index is 804. The van der Waals surface area contributed by atoms with Gasteiger partial charge in [-0.15, -0.1) is 0 Å². The van der Waals surface area contributed by atoms with E-state index in [1.807, 2.05) is 42.2 Å². The number of carbonyl (C=O) groups is 1. The zero-order valence-electron chi connectivity index (χ0n) is 15.9. The number of piperazine rings is 1. The second kappa shape index (κ2) is 8.53. The predicted octanol–water partition coefficient (Wildman–Crippen LogP) is 3.77. The minimum Gasteiger partial charge on any atom is -0.497 e. The molecule has 3 rings (SSSR count). The highest BCUT2D eigenvalue weighted by molar-refractivity contribution is 6.30. The van der Waals surface area contributed by atoms with Crippen molar-refractivity contribution in [2.45, 2.75) is 20.0 Å². The molecule has 1 unspecified atom stereocenters. The van der Waals surface area contributed by atoms with E-state index < -0.39 is 6.10 Å². The van der Waals surface area contributed by atoms with Gasteiger partial charge in [-0.1, -0.05) is 17.7 Å². The fraction of sp³-hybridized carbons (Fsp3) is 0.381. The second-order valence-corrected chi connectivity index (χ2v) is 7.12. The van der Waals surface area contributed by atoms with E-state index in [0.717, 1.165) is 30.1 Å². The first-order valence-corrected chi connectivity index (χ1v) is 9.46. The molecule has 0 radical (unpaired) electrons. The number of ether oxygens (including phenoxy) is 2. The summed E-state index contributed by atoms with van der Waals surface area (Å²) in [4.78, 5) is 16.9. The molecular weight excluding hydrogens is 364 g/mol. The van der Waals surface area contributed by atoms with Gasteiger partial charge in [-0.3, -0.25) is 4.79 Å². The van der Waals surface area contributed by atoms with Crippen LogP contribution in [0.4, 0.5) is 5.69 Å². The van der Waals surface area contributed by atoms with Crippen LogP contribution in [0, 0.1) is 6.92 Å². The number of benzene rings is 2. The maximum atomic E-state index is 12.8. The number of anilines is 1. The molecular formula is C21H25ClN2O3. The van der Waals surface area contributed by atoms with Gasteiger partial charge in [0.1, 0.15) is 11.5 Å². The van der Waals surface area contributed by atoms with Crippen LogP contribution in [0.15, 0.2) is 42.5 Å². The van der Waals surface area contributed by atoms with E-state index >= 15 is 0 Å². The minimum absolute atomic E-state index is 0.00893. The van der Waals surface area contributed by atoms with Crippen LogP contribution >= 0.6 is 11.6 Å². The van der Waals surface area contributed by atoms with Crippen LogP contribution in [0.2, 0.25) is 5.02 Å². The lowest BCUT2D eigenvalue weighted by atomic mass is 10.2. The van der Waals surface area contributed by atoms with Gasteiger partial charge >= 0.3 is 0 Å². The quantitative estimate of drug-likeness (QED) is 0.781. The average molecular weight is 389 g/mol. The number of hydrogen-bond acceptors (Lipinski definition) is 4. The van der Waals surface area contributed by atoms with Gasteiger partial charge in [-0.05, 0) is 49.7 Å². The Labute approximate surface area is 165 Å². The molecule has 2 aromatic rings. The van der Waals surface area contributed by atoms with Crippen LogP contribution in [-0.2, 0) is 4.79 Å². The van der Waals surface area contributed by atoms with Gasteiger partial charge in [0.05, 0.1) is 7.11 Å². The molecule has 27 heavy (non-hydrogen) atoms. The summed E-state index contributed by atoms with van der Waals surface area (Å²) in [7, 11) is 1.67. The molecule has 0 spiro atoms. The highest BCUT2D eigenvalue weighted by Crippen LogP contribution is 2.24. The van der Waals surface area contributed by atoms with E-state index in [9.17, 15) is 4.79 Å². The van der Waals surface area contributed by atoms with Gasteiger partial charge in [-0.25, -0.2) is 0 Å². The van der Waals surface area contributed by atoms with E-state index in [1.54, 1.807) is 20.1 Å². The standard InChI is InChI=1S/C21H25ClN2O3/c1-15-13-17(22)7-8-20(15)27-16(2)21(25)24-11-9-23(10-12-24)18-5-4-6-19(14-18)26-3/h4-8,13-14,16H,9-12H2,1-3H3.